The average Bonchev–Trinajstić information content (AvgIpc) is 2.79. The molecule has 0 spiro atoms. The summed E-state index contributed by atoms with van der Waals surface area (Å²) < 4.78 is 33.9. The minimum atomic E-state index is -4.01. The van der Waals surface area contributed by atoms with E-state index >= 15 is 0 Å². The van der Waals surface area contributed by atoms with Gasteiger partial charge in [-0.15, -0.1) is 0 Å². The first-order valence-corrected chi connectivity index (χ1v) is 12.3. The molecule has 33 heavy (non-hydrogen) atoms. The van der Waals surface area contributed by atoms with E-state index in [4.69, 9.17) is 16.3 Å². The van der Waals surface area contributed by atoms with E-state index in [1.807, 2.05) is 57.2 Å². The van der Waals surface area contributed by atoms with Crippen molar-refractivity contribution in [3.05, 3.63) is 87.9 Å². The molecule has 2 N–H and O–H groups in total. The normalized spacial score (nSPS) is 12.2. The third-order valence-corrected chi connectivity index (χ3v) is 7.19. The number of methoxy groups -OCH3 is 1. The van der Waals surface area contributed by atoms with Crippen molar-refractivity contribution in [3.63, 3.8) is 0 Å². The molecule has 0 bridgehead atoms. The molecule has 0 aliphatic rings. The Hall–Kier alpha value is -3.03. The molecule has 8 heteroatoms. The number of rotatable bonds is 8. The molecule has 0 heterocycles. The van der Waals surface area contributed by atoms with E-state index in [9.17, 15) is 13.2 Å². The molecule has 1 unspecified atom stereocenters. The highest BCUT2D eigenvalue weighted by molar-refractivity contribution is 7.92. The minimum absolute atomic E-state index is 0.0333. The van der Waals surface area contributed by atoms with Crippen molar-refractivity contribution in [2.75, 3.05) is 11.8 Å². The number of ether oxygens (including phenoxy) is 1. The fourth-order valence-corrected chi connectivity index (χ4v) is 5.13. The summed E-state index contributed by atoms with van der Waals surface area (Å²) >= 11 is 6.21. The molecule has 3 aromatic carbocycles. The molecule has 0 radical (unpaired) electrons. The van der Waals surface area contributed by atoms with Crippen LogP contribution in [0.4, 0.5) is 5.69 Å². The van der Waals surface area contributed by atoms with Crippen LogP contribution in [0.1, 0.15) is 46.4 Å². The molecule has 0 saturated heterocycles. The lowest BCUT2D eigenvalue weighted by atomic mass is 10.0. The summed E-state index contributed by atoms with van der Waals surface area (Å²) in [5, 5.41) is 3.00. The minimum Gasteiger partial charge on any atom is -0.497 e. The van der Waals surface area contributed by atoms with Crippen LogP contribution in [0.25, 0.3) is 0 Å². The van der Waals surface area contributed by atoms with Crippen molar-refractivity contribution in [1.29, 1.82) is 0 Å². The summed E-state index contributed by atoms with van der Waals surface area (Å²) in [6.07, 6.45) is 0.658. The number of carbonyl (C=O) groups excluding carboxylic acids is 1. The lowest BCUT2D eigenvalue weighted by Crippen LogP contribution is -2.28. The summed E-state index contributed by atoms with van der Waals surface area (Å²) in [6.45, 7) is 5.71. The van der Waals surface area contributed by atoms with E-state index in [0.717, 1.165) is 22.4 Å². The largest absolute Gasteiger partial charge is 0.497 e. The van der Waals surface area contributed by atoms with Crippen molar-refractivity contribution >= 4 is 33.2 Å². The number of benzene rings is 3. The summed E-state index contributed by atoms with van der Waals surface area (Å²) in [7, 11) is -2.41. The predicted molar refractivity (Wildman–Crippen MR) is 132 cm³/mol. The van der Waals surface area contributed by atoms with E-state index < -0.39 is 15.9 Å². The number of amides is 1. The number of nitrogens with one attached hydrogen (secondary N) is 2. The smallest absolute Gasteiger partial charge is 0.263 e. The van der Waals surface area contributed by atoms with Crippen LogP contribution in [0, 0.1) is 13.8 Å². The number of aryl methyl sites for hydroxylation is 2. The fraction of sp³-hybridized carbons (Fsp3) is 0.240. The second-order valence-corrected chi connectivity index (χ2v) is 9.83. The number of sulfonamides is 1. The Kier molecular flexibility index (Phi) is 7.66. The van der Waals surface area contributed by atoms with Gasteiger partial charge in [0.1, 0.15) is 10.6 Å². The Morgan fingerprint density at radius 3 is 2.33 bits per heavy atom. The zero-order chi connectivity index (χ0) is 24.2. The van der Waals surface area contributed by atoms with Gasteiger partial charge in [0.25, 0.3) is 15.9 Å². The van der Waals surface area contributed by atoms with Crippen LogP contribution in [-0.4, -0.2) is 21.4 Å². The van der Waals surface area contributed by atoms with Gasteiger partial charge < -0.3 is 10.1 Å². The predicted octanol–water partition coefficient (Wildman–Crippen LogP) is 5.65. The fourth-order valence-electron chi connectivity index (χ4n) is 3.48. The van der Waals surface area contributed by atoms with Crippen molar-refractivity contribution in [2.45, 2.75) is 38.1 Å². The molecular weight excluding hydrogens is 460 g/mol. The van der Waals surface area contributed by atoms with Gasteiger partial charge in [0.15, 0.2) is 0 Å². The molecular formula is C25H27ClN2O4S. The molecule has 174 valence electrons. The van der Waals surface area contributed by atoms with Crippen LogP contribution < -0.4 is 14.8 Å². The summed E-state index contributed by atoms with van der Waals surface area (Å²) in [5.74, 6) is 0.334. The first-order valence-electron chi connectivity index (χ1n) is 10.5. The van der Waals surface area contributed by atoms with Crippen LogP contribution >= 0.6 is 11.6 Å². The lowest BCUT2D eigenvalue weighted by Gasteiger charge is -2.18. The van der Waals surface area contributed by atoms with E-state index in [0.29, 0.717) is 12.1 Å². The Balaban J connectivity index is 1.85. The van der Waals surface area contributed by atoms with Crippen LogP contribution in [-0.2, 0) is 10.0 Å². The Labute approximate surface area is 200 Å². The molecule has 0 aliphatic carbocycles. The maximum atomic E-state index is 13.1. The number of anilines is 1. The van der Waals surface area contributed by atoms with E-state index in [-0.39, 0.29) is 21.5 Å². The molecule has 0 saturated carbocycles. The molecule has 0 aromatic heterocycles. The van der Waals surface area contributed by atoms with Gasteiger partial charge in [-0.05, 0) is 67.8 Å². The summed E-state index contributed by atoms with van der Waals surface area (Å²) in [6, 6.07) is 16.8. The Morgan fingerprint density at radius 1 is 1.03 bits per heavy atom. The van der Waals surface area contributed by atoms with Crippen molar-refractivity contribution < 1.29 is 17.9 Å². The van der Waals surface area contributed by atoms with Crippen LogP contribution in [0.3, 0.4) is 0 Å². The number of halogens is 1. The first kappa shape index (κ1) is 24.6. The van der Waals surface area contributed by atoms with Crippen molar-refractivity contribution in [3.8, 4) is 5.75 Å². The molecule has 0 aliphatic heterocycles. The zero-order valence-corrected chi connectivity index (χ0v) is 20.5. The molecule has 1 atom stereocenters. The van der Waals surface area contributed by atoms with Gasteiger partial charge in [0.05, 0.1) is 23.9 Å². The van der Waals surface area contributed by atoms with Gasteiger partial charge in [-0.25, -0.2) is 8.42 Å². The number of hydrogen-bond donors (Lipinski definition) is 2. The molecule has 1 amide bonds. The quantitative estimate of drug-likeness (QED) is 0.431. The first-order chi connectivity index (χ1) is 15.6. The lowest BCUT2D eigenvalue weighted by molar-refractivity contribution is 0.0935. The highest BCUT2D eigenvalue weighted by Crippen LogP contribution is 2.27. The second kappa shape index (κ2) is 10.3. The van der Waals surface area contributed by atoms with E-state index in [1.54, 1.807) is 13.2 Å². The number of carbonyl (C=O) groups is 1. The highest BCUT2D eigenvalue weighted by atomic mass is 35.5. The maximum absolute atomic E-state index is 13.1. The Bertz CT molecular complexity index is 1260. The van der Waals surface area contributed by atoms with Crippen molar-refractivity contribution in [2.24, 2.45) is 0 Å². The molecule has 3 aromatic rings. The second-order valence-electron chi connectivity index (χ2n) is 7.78. The number of hydrogen-bond acceptors (Lipinski definition) is 4. The van der Waals surface area contributed by atoms with E-state index in [2.05, 4.69) is 10.0 Å². The SMILES string of the molecule is CCC(NC(=O)c1ccc(Cl)c(S(=O)(=O)Nc2ccc(C)cc2C)c1)c1ccc(OC)cc1. The third kappa shape index (κ3) is 5.86. The van der Waals surface area contributed by atoms with Gasteiger partial charge >= 0.3 is 0 Å². The maximum Gasteiger partial charge on any atom is 0.263 e. The Morgan fingerprint density at radius 2 is 1.73 bits per heavy atom. The monoisotopic (exact) mass is 486 g/mol. The topological polar surface area (TPSA) is 84.5 Å². The molecule has 3 rings (SSSR count). The van der Waals surface area contributed by atoms with Gasteiger partial charge in [-0.3, -0.25) is 9.52 Å². The summed E-state index contributed by atoms with van der Waals surface area (Å²) in [4.78, 5) is 12.8. The average molecular weight is 487 g/mol. The van der Waals surface area contributed by atoms with Crippen LogP contribution in [0.2, 0.25) is 5.02 Å². The zero-order valence-electron chi connectivity index (χ0n) is 19.0. The van der Waals surface area contributed by atoms with E-state index in [1.165, 1.54) is 18.2 Å². The third-order valence-electron chi connectivity index (χ3n) is 5.34. The van der Waals surface area contributed by atoms with Crippen molar-refractivity contribution in [1.82, 2.24) is 5.32 Å². The van der Waals surface area contributed by atoms with Crippen LogP contribution in [0.15, 0.2) is 65.6 Å². The van der Waals surface area contributed by atoms with Crippen LogP contribution in [0.5, 0.6) is 5.75 Å². The van der Waals surface area contributed by atoms with Gasteiger partial charge in [-0.2, -0.15) is 0 Å². The molecule has 6 nitrogen and oxygen atoms in total. The summed E-state index contributed by atoms with van der Waals surface area (Å²) in [5.41, 5.74) is 3.39. The van der Waals surface area contributed by atoms with Gasteiger partial charge in [0, 0.05) is 5.56 Å². The highest BCUT2D eigenvalue weighted by Gasteiger charge is 2.22. The standard InChI is InChI=1S/C25H27ClN2O4S/c1-5-22(18-7-10-20(32-4)11-8-18)27-25(29)19-9-12-21(26)24(15-19)33(30,31)28-23-13-6-16(2)14-17(23)3/h6-15,22,28H,5H2,1-4H3,(H,27,29). The van der Waals surface area contributed by atoms with Gasteiger partial charge in [-0.1, -0.05) is 48.4 Å². The molecule has 0 fully saturated rings. The van der Waals surface area contributed by atoms with Gasteiger partial charge in [0.2, 0.25) is 0 Å².